The van der Waals surface area contributed by atoms with Crippen molar-refractivity contribution in [3.05, 3.63) is 11.5 Å². The van der Waals surface area contributed by atoms with Gasteiger partial charge in [0.2, 0.25) is 0 Å². The Kier molecular flexibility index (Phi) is 2.45. The van der Waals surface area contributed by atoms with Gasteiger partial charge in [0.05, 0.1) is 11.3 Å². The third-order valence-electron chi connectivity index (χ3n) is 3.57. The SMILES string of the molecule is CNc1snc(C)c1-c1nc(C2CC2(C)C)no1. The van der Waals surface area contributed by atoms with Crippen molar-refractivity contribution in [1.29, 1.82) is 0 Å². The molecule has 1 fully saturated rings. The highest BCUT2D eigenvalue weighted by Gasteiger charge is 2.49. The summed E-state index contributed by atoms with van der Waals surface area (Å²) in [6.45, 7) is 6.41. The Morgan fingerprint density at radius 3 is 2.78 bits per heavy atom. The minimum Gasteiger partial charge on any atom is -0.378 e. The van der Waals surface area contributed by atoms with Gasteiger partial charge < -0.3 is 9.84 Å². The van der Waals surface area contributed by atoms with Gasteiger partial charge in [0.1, 0.15) is 5.00 Å². The van der Waals surface area contributed by atoms with Gasteiger partial charge in [-0.25, -0.2) is 0 Å². The van der Waals surface area contributed by atoms with Crippen molar-refractivity contribution in [2.45, 2.75) is 33.1 Å². The van der Waals surface area contributed by atoms with E-state index in [-0.39, 0.29) is 0 Å². The summed E-state index contributed by atoms with van der Waals surface area (Å²) in [7, 11) is 1.87. The number of rotatable bonds is 3. The minimum atomic E-state index is 0.314. The predicted octanol–water partition coefficient (Wildman–Crippen LogP) is 3.06. The van der Waals surface area contributed by atoms with E-state index in [1.54, 1.807) is 0 Å². The molecule has 3 rings (SSSR count). The normalized spacial score (nSPS) is 21.0. The van der Waals surface area contributed by atoms with Crippen molar-refractivity contribution >= 4 is 16.5 Å². The van der Waals surface area contributed by atoms with Crippen molar-refractivity contribution in [2.24, 2.45) is 5.41 Å². The number of anilines is 1. The highest BCUT2D eigenvalue weighted by molar-refractivity contribution is 7.10. The summed E-state index contributed by atoms with van der Waals surface area (Å²) >= 11 is 1.42. The van der Waals surface area contributed by atoms with Crippen molar-refractivity contribution in [3.8, 4) is 11.5 Å². The molecule has 0 saturated heterocycles. The number of hydrogen-bond acceptors (Lipinski definition) is 6. The molecule has 0 amide bonds. The van der Waals surface area contributed by atoms with Gasteiger partial charge in [0, 0.05) is 13.0 Å². The van der Waals surface area contributed by atoms with E-state index in [2.05, 4.69) is 33.7 Å². The highest BCUT2D eigenvalue weighted by Crippen LogP contribution is 2.57. The molecule has 18 heavy (non-hydrogen) atoms. The standard InChI is InChI=1S/C12H16N4OS/c1-6-8(11(13-4)18-16-6)10-14-9(15-17-10)7-5-12(7,2)3/h7,13H,5H2,1-4H3. The Balaban J connectivity index is 1.96. The Bertz CT molecular complexity index is 587. The van der Waals surface area contributed by atoms with Gasteiger partial charge in [-0.05, 0) is 30.3 Å². The van der Waals surface area contributed by atoms with Crippen LogP contribution in [0.25, 0.3) is 11.5 Å². The van der Waals surface area contributed by atoms with Crippen LogP contribution < -0.4 is 5.32 Å². The van der Waals surface area contributed by atoms with E-state index >= 15 is 0 Å². The van der Waals surface area contributed by atoms with Crippen LogP contribution in [-0.4, -0.2) is 21.6 Å². The summed E-state index contributed by atoms with van der Waals surface area (Å²) < 4.78 is 9.71. The fourth-order valence-corrected chi connectivity index (χ4v) is 2.92. The second kappa shape index (κ2) is 3.78. The average Bonchev–Trinajstić information content (AvgIpc) is 2.73. The Labute approximate surface area is 110 Å². The summed E-state index contributed by atoms with van der Waals surface area (Å²) in [5, 5.41) is 8.19. The summed E-state index contributed by atoms with van der Waals surface area (Å²) in [5.41, 5.74) is 2.17. The predicted molar refractivity (Wildman–Crippen MR) is 70.8 cm³/mol. The summed E-state index contributed by atoms with van der Waals surface area (Å²) in [5.74, 6) is 1.82. The van der Waals surface area contributed by atoms with Gasteiger partial charge in [-0.1, -0.05) is 19.0 Å². The zero-order valence-electron chi connectivity index (χ0n) is 10.9. The van der Waals surface area contributed by atoms with Gasteiger partial charge in [-0.2, -0.15) is 9.36 Å². The minimum absolute atomic E-state index is 0.314. The van der Waals surface area contributed by atoms with Crippen molar-refractivity contribution in [3.63, 3.8) is 0 Å². The molecule has 2 aromatic rings. The number of nitrogens with zero attached hydrogens (tertiary/aromatic N) is 3. The molecule has 0 spiro atoms. The summed E-state index contributed by atoms with van der Waals surface area (Å²) in [6.07, 6.45) is 1.13. The molecule has 6 heteroatoms. The summed E-state index contributed by atoms with van der Waals surface area (Å²) in [6, 6.07) is 0. The number of aryl methyl sites for hydroxylation is 1. The molecule has 1 saturated carbocycles. The Hall–Kier alpha value is -1.43. The monoisotopic (exact) mass is 264 g/mol. The van der Waals surface area contributed by atoms with Crippen molar-refractivity contribution < 1.29 is 4.52 Å². The van der Waals surface area contributed by atoms with Gasteiger partial charge in [0.15, 0.2) is 5.82 Å². The molecule has 96 valence electrons. The van der Waals surface area contributed by atoms with Crippen LogP contribution in [0.4, 0.5) is 5.00 Å². The first-order valence-corrected chi connectivity index (χ1v) is 6.78. The van der Waals surface area contributed by atoms with E-state index in [1.165, 1.54) is 11.5 Å². The maximum absolute atomic E-state index is 5.39. The average molecular weight is 264 g/mol. The highest BCUT2D eigenvalue weighted by atomic mass is 32.1. The van der Waals surface area contributed by atoms with Crippen LogP contribution in [0, 0.1) is 12.3 Å². The van der Waals surface area contributed by atoms with Crippen LogP contribution in [0.1, 0.15) is 37.7 Å². The van der Waals surface area contributed by atoms with Crippen LogP contribution >= 0.6 is 11.5 Å². The second-order valence-corrected chi connectivity index (χ2v) is 6.20. The second-order valence-electron chi connectivity index (χ2n) is 5.43. The lowest BCUT2D eigenvalue weighted by Crippen LogP contribution is -1.92. The third kappa shape index (κ3) is 1.71. The van der Waals surface area contributed by atoms with E-state index < -0.39 is 0 Å². The number of hydrogen-bond donors (Lipinski definition) is 1. The fourth-order valence-electron chi connectivity index (χ4n) is 2.18. The van der Waals surface area contributed by atoms with Crippen molar-refractivity contribution in [2.75, 3.05) is 12.4 Å². The lowest BCUT2D eigenvalue weighted by molar-refractivity contribution is 0.419. The fraction of sp³-hybridized carbons (Fsp3) is 0.583. The van der Waals surface area contributed by atoms with Gasteiger partial charge in [-0.3, -0.25) is 0 Å². The molecule has 0 bridgehead atoms. The first-order chi connectivity index (χ1) is 8.53. The zero-order valence-corrected chi connectivity index (χ0v) is 11.8. The molecule has 2 heterocycles. The molecule has 1 atom stereocenters. The van der Waals surface area contributed by atoms with Crippen LogP contribution in [0.2, 0.25) is 0 Å². The smallest absolute Gasteiger partial charge is 0.262 e. The molecule has 1 aliphatic rings. The van der Waals surface area contributed by atoms with E-state index in [0.717, 1.165) is 28.5 Å². The lowest BCUT2D eigenvalue weighted by atomic mass is 10.1. The Morgan fingerprint density at radius 2 is 2.17 bits per heavy atom. The number of aromatic nitrogens is 3. The van der Waals surface area contributed by atoms with Gasteiger partial charge >= 0.3 is 0 Å². The van der Waals surface area contributed by atoms with Crippen LogP contribution in [0.3, 0.4) is 0 Å². The molecule has 0 radical (unpaired) electrons. The molecule has 1 N–H and O–H groups in total. The lowest BCUT2D eigenvalue weighted by Gasteiger charge is -1.97. The molecular weight excluding hydrogens is 248 g/mol. The van der Waals surface area contributed by atoms with Crippen LogP contribution in [0.15, 0.2) is 4.52 Å². The van der Waals surface area contributed by atoms with Gasteiger partial charge in [0.25, 0.3) is 5.89 Å². The maximum Gasteiger partial charge on any atom is 0.262 e. The molecule has 0 aromatic carbocycles. The molecule has 5 nitrogen and oxygen atoms in total. The molecule has 0 aliphatic heterocycles. The first-order valence-electron chi connectivity index (χ1n) is 6.01. The zero-order chi connectivity index (χ0) is 12.9. The molecular formula is C12H16N4OS. The van der Waals surface area contributed by atoms with E-state index in [4.69, 9.17) is 4.52 Å². The van der Waals surface area contributed by atoms with E-state index in [1.807, 2.05) is 14.0 Å². The maximum atomic E-state index is 5.39. The topological polar surface area (TPSA) is 63.8 Å². The third-order valence-corrected chi connectivity index (χ3v) is 4.53. The quantitative estimate of drug-likeness (QED) is 0.923. The molecule has 1 unspecified atom stereocenters. The van der Waals surface area contributed by atoms with Crippen molar-refractivity contribution in [1.82, 2.24) is 14.5 Å². The number of nitrogens with one attached hydrogen (secondary N) is 1. The molecule has 2 aromatic heterocycles. The van der Waals surface area contributed by atoms with Crippen LogP contribution in [-0.2, 0) is 0 Å². The van der Waals surface area contributed by atoms with E-state index in [0.29, 0.717) is 17.2 Å². The van der Waals surface area contributed by atoms with Crippen LogP contribution in [0.5, 0.6) is 0 Å². The Morgan fingerprint density at radius 1 is 1.44 bits per heavy atom. The van der Waals surface area contributed by atoms with E-state index in [9.17, 15) is 0 Å². The first kappa shape index (κ1) is 11.6. The largest absolute Gasteiger partial charge is 0.378 e. The summed E-state index contributed by atoms with van der Waals surface area (Å²) in [4.78, 5) is 4.53. The molecule has 1 aliphatic carbocycles. The van der Waals surface area contributed by atoms with Gasteiger partial charge in [-0.15, -0.1) is 0 Å².